The number of aryl methyl sites for hydroxylation is 1. The van der Waals surface area contributed by atoms with Crippen molar-refractivity contribution < 1.29 is 31.3 Å². The molecule has 0 N–H and O–H groups in total. The lowest BCUT2D eigenvalue weighted by Gasteiger charge is -2.43. The van der Waals surface area contributed by atoms with Gasteiger partial charge in [0.1, 0.15) is 33.2 Å². The lowest BCUT2D eigenvalue weighted by molar-refractivity contribution is -0.386. The first-order chi connectivity index (χ1) is 21.1. The number of ether oxygens (including phenoxy) is 1. The van der Waals surface area contributed by atoms with Crippen molar-refractivity contribution in [3.05, 3.63) is 50.4 Å². The van der Waals surface area contributed by atoms with E-state index in [0.29, 0.717) is 43.1 Å². The normalized spacial score (nSPS) is 21.4. The van der Waals surface area contributed by atoms with E-state index in [-0.39, 0.29) is 71.2 Å². The fraction of sp³-hybridized carbons (Fsp3) is 0.607. The second kappa shape index (κ2) is 13.0. The Hall–Kier alpha value is -3.08. The van der Waals surface area contributed by atoms with Gasteiger partial charge in [-0.2, -0.15) is 0 Å². The molecule has 14 nitrogen and oxygen atoms in total. The van der Waals surface area contributed by atoms with E-state index in [2.05, 4.69) is 14.9 Å². The van der Waals surface area contributed by atoms with E-state index in [4.69, 9.17) is 16.3 Å². The molecule has 0 aliphatic carbocycles. The molecule has 1 amide bonds. The summed E-state index contributed by atoms with van der Waals surface area (Å²) < 4.78 is 53.0. The Morgan fingerprint density at radius 2 is 1.87 bits per heavy atom. The first-order valence-electron chi connectivity index (χ1n) is 14.7. The summed E-state index contributed by atoms with van der Waals surface area (Å²) in [5.74, 6) is 0.267. The van der Waals surface area contributed by atoms with Crippen LogP contribution < -0.4 is 9.64 Å². The summed E-state index contributed by atoms with van der Waals surface area (Å²) in [5.41, 5.74) is 1.67. The maximum absolute atomic E-state index is 12.5. The van der Waals surface area contributed by atoms with Crippen LogP contribution in [0.15, 0.2) is 18.5 Å². The van der Waals surface area contributed by atoms with Crippen LogP contribution >= 0.6 is 11.6 Å². The monoisotopic (exact) mass is 684 g/mol. The molecule has 3 aliphatic rings. The first kappa shape index (κ1) is 33.3. The summed E-state index contributed by atoms with van der Waals surface area (Å²) in [6.45, 7) is 6.43. The number of nitro groups is 1. The predicted octanol–water partition coefficient (Wildman–Crippen LogP) is 2.16. The number of aromatic nitrogens is 2. The van der Waals surface area contributed by atoms with Gasteiger partial charge in [0.05, 0.1) is 27.7 Å². The average Bonchev–Trinajstić information content (AvgIpc) is 3.41. The SMILES string of the molecule is Cc1cc(C2CN(C3CCN(C(=O)CCS(C)(=O)=O)C3)C2)cc([N+](=O)[O-])c1O[C@H](C)c1c(Cl)ncnc1N1CCS(=O)(=O)CC1. The highest BCUT2D eigenvalue weighted by Gasteiger charge is 2.39. The summed E-state index contributed by atoms with van der Waals surface area (Å²) in [6.07, 6.45) is 2.41. The lowest BCUT2D eigenvalue weighted by atomic mass is 9.88. The van der Waals surface area contributed by atoms with Gasteiger partial charge >= 0.3 is 5.69 Å². The van der Waals surface area contributed by atoms with Gasteiger partial charge in [0, 0.05) is 70.0 Å². The van der Waals surface area contributed by atoms with E-state index >= 15 is 0 Å². The van der Waals surface area contributed by atoms with E-state index in [0.717, 1.165) is 18.2 Å². The second-order valence-electron chi connectivity index (χ2n) is 12.1. The molecule has 3 aliphatic heterocycles. The smallest absolute Gasteiger partial charge is 0.311 e. The zero-order chi connectivity index (χ0) is 32.7. The highest BCUT2D eigenvalue weighted by Crippen LogP contribution is 2.41. The Bertz CT molecular complexity index is 1690. The van der Waals surface area contributed by atoms with Gasteiger partial charge in [0.2, 0.25) is 11.7 Å². The van der Waals surface area contributed by atoms with E-state index in [9.17, 15) is 31.7 Å². The standard InChI is InChI=1S/C28H37ClN6O8S2/c1-18-12-20(21-14-34(15-21)22-4-6-33(16-22)24(36)5-9-44(3,39)40)13-23(35(37)38)26(18)43-19(2)25-27(29)30-17-31-28(25)32-7-10-45(41,42)11-8-32/h12-13,17,19,21-22H,4-11,14-16H2,1-3H3/t19-,22?/m1/s1. The highest BCUT2D eigenvalue weighted by molar-refractivity contribution is 7.91. The van der Waals surface area contributed by atoms with Gasteiger partial charge in [-0.15, -0.1) is 0 Å². The predicted molar refractivity (Wildman–Crippen MR) is 168 cm³/mol. The van der Waals surface area contributed by atoms with Crippen LogP contribution in [0.5, 0.6) is 5.75 Å². The second-order valence-corrected chi connectivity index (χ2v) is 17.0. The number of hydrogen-bond acceptors (Lipinski definition) is 12. The van der Waals surface area contributed by atoms with Crippen LogP contribution in [0.2, 0.25) is 5.15 Å². The first-order valence-corrected chi connectivity index (χ1v) is 19.0. The minimum Gasteiger partial charge on any atom is -0.478 e. The zero-order valence-electron chi connectivity index (χ0n) is 25.4. The minimum atomic E-state index is -3.21. The van der Waals surface area contributed by atoms with Crippen molar-refractivity contribution in [3.8, 4) is 5.75 Å². The number of halogens is 1. The fourth-order valence-corrected chi connectivity index (χ4v) is 8.18. The molecule has 1 unspecified atom stereocenters. The molecule has 0 radical (unpaired) electrons. The summed E-state index contributed by atoms with van der Waals surface area (Å²) >= 11 is 6.47. The number of likely N-dealkylation sites (tertiary alicyclic amines) is 2. The molecule has 1 aromatic carbocycles. The van der Waals surface area contributed by atoms with Crippen molar-refractivity contribution in [2.45, 2.75) is 44.8 Å². The Balaban J connectivity index is 1.26. The summed E-state index contributed by atoms with van der Waals surface area (Å²) in [5, 5.41) is 12.3. The van der Waals surface area contributed by atoms with E-state index in [1.165, 1.54) is 6.33 Å². The summed E-state index contributed by atoms with van der Waals surface area (Å²) in [4.78, 5) is 38.4. The van der Waals surface area contributed by atoms with Crippen LogP contribution in [-0.4, -0.2) is 116 Å². The Kier molecular flexibility index (Phi) is 9.59. The number of rotatable bonds is 10. The van der Waals surface area contributed by atoms with Crippen LogP contribution in [0.4, 0.5) is 11.5 Å². The average molecular weight is 685 g/mol. The van der Waals surface area contributed by atoms with Crippen LogP contribution in [0.3, 0.4) is 0 Å². The topological polar surface area (TPSA) is 173 Å². The van der Waals surface area contributed by atoms with E-state index < -0.39 is 30.7 Å². The Labute approximate surface area is 267 Å². The van der Waals surface area contributed by atoms with Gasteiger partial charge in [0.15, 0.2) is 9.84 Å². The molecule has 45 heavy (non-hydrogen) atoms. The molecule has 4 heterocycles. The molecular weight excluding hydrogens is 648 g/mol. The van der Waals surface area contributed by atoms with Gasteiger partial charge in [-0.05, 0) is 31.4 Å². The number of sulfone groups is 2. The number of carbonyl (C=O) groups excluding carboxylic acids is 1. The molecule has 246 valence electrons. The highest BCUT2D eigenvalue weighted by atomic mass is 35.5. The molecule has 2 aromatic rings. The van der Waals surface area contributed by atoms with Crippen molar-refractivity contribution in [3.63, 3.8) is 0 Å². The van der Waals surface area contributed by atoms with Crippen LogP contribution in [0.1, 0.15) is 48.5 Å². The molecule has 2 atom stereocenters. The molecule has 0 saturated carbocycles. The van der Waals surface area contributed by atoms with Crippen molar-refractivity contribution in [2.75, 3.05) is 67.7 Å². The van der Waals surface area contributed by atoms with Crippen LogP contribution in [0, 0.1) is 17.0 Å². The molecule has 0 bridgehead atoms. The Morgan fingerprint density at radius 3 is 2.51 bits per heavy atom. The number of hydrogen-bond donors (Lipinski definition) is 0. The third-order valence-electron chi connectivity index (χ3n) is 8.73. The third kappa shape index (κ3) is 7.67. The number of carbonyl (C=O) groups is 1. The zero-order valence-corrected chi connectivity index (χ0v) is 27.8. The molecule has 5 rings (SSSR count). The van der Waals surface area contributed by atoms with Gasteiger partial charge in [-0.1, -0.05) is 17.7 Å². The lowest BCUT2D eigenvalue weighted by Crippen LogP contribution is -2.51. The molecule has 0 spiro atoms. The van der Waals surface area contributed by atoms with Gasteiger partial charge < -0.3 is 14.5 Å². The molecule has 3 saturated heterocycles. The Morgan fingerprint density at radius 1 is 1.18 bits per heavy atom. The maximum atomic E-state index is 12.5. The summed E-state index contributed by atoms with van der Waals surface area (Å²) in [7, 11) is -6.33. The van der Waals surface area contributed by atoms with Crippen molar-refractivity contribution in [1.29, 1.82) is 0 Å². The van der Waals surface area contributed by atoms with Gasteiger partial charge in [-0.25, -0.2) is 26.8 Å². The molecule has 1 aromatic heterocycles. The molecule has 3 fully saturated rings. The minimum absolute atomic E-state index is 0.0163. The third-order valence-corrected chi connectivity index (χ3v) is 11.6. The quantitative estimate of drug-likeness (QED) is 0.203. The number of nitro benzene ring substituents is 1. The number of nitrogens with zero attached hydrogens (tertiary/aromatic N) is 6. The number of anilines is 1. The fourth-order valence-electron chi connectivity index (χ4n) is 6.15. The van der Waals surface area contributed by atoms with E-state index in [1.54, 1.807) is 24.8 Å². The van der Waals surface area contributed by atoms with Gasteiger partial charge in [0.25, 0.3) is 0 Å². The number of benzene rings is 1. The van der Waals surface area contributed by atoms with E-state index in [1.807, 2.05) is 11.0 Å². The maximum Gasteiger partial charge on any atom is 0.311 e. The van der Waals surface area contributed by atoms with Crippen molar-refractivity contribution >= 4 is 48.7 Å². The molecular formula is C28H37ClN6O8S2. The largest absolute Gasteiger partial charge is 0.478 e. The van der Waals surface area contributed by atoms with Crippen molar-refractivity contribution in [2.24, 2.45) is 0 Å². The van der Waals surface area contributed by atoms with Crippen LogP contribution in [-0.2, 0) is 24.5 Å². The molecule has 17 heteroatoms. The van der Waals surface area contributed by atoms with Gasteiger partial charge in [-0.3, -0.25) is 19.8 Å². The summed E-state index contributed by atoms with van der Waals surface area (Å²) in [6, 6.07) is 3.60. The van der Waals surface area contributed by atoms with Crippen LogP contribution in [0.25, 0.3) is 0 Å². The van der Waals surface area contributed by atoms with Crippen molar-refractivity contribution in [1.82, 2.24) is 19.8 Å². The number of amides is 1.